The largest absolute Gasteiger partial charge is 0.447 e. The number of furan rings is 1. The van der Waals surface area contributed by atoms with Gasteiger partial charge in [0.1, 0.15) is 12.0 Å². The summed E-state index contributed by atoms with van der Waals surface area (Å²) in [7, 11) is 0. The molecule has 2 heterocycles. The molecule has 0 aromatic carbocycles. The molecule has 0 saturated heterocycles. The zero-order valence-electron chi connectivity index (χ0n) is 8.70. The SMILES string of the molecule is Cl.O/N=C/c1ccc(C#Cc2cccnc2)o1. The van der Waals surface area contributed by atoms with Crippen LogP contribution in [0, 0.1) is 11.8 Å². The minimum Gasteiger partial charge on any atom is -0.447 e. The quantitative estimate of drug-likeness (QED) is 0.365. The topological polar surface area (TPSA) is 58.6 Å². The van der Waals surface area contributed by atoms with Gasteiger partial charge < -0.3 is 9.62 Å². The van der Waals surface area contributed by atoms with Crippen molar-refractivity contribution in [2.75, 3.05) is 0 Å². The third-order valence-corrected chi connectivity index (χ3v) is 1.80. The van der Waals surface area contributed by atoms with Crippen molar-refractivity contribution in [1.29, 1.82) is 0 Å². The van der Waals surface area contributed by atoms with Crippen molar-refractivity contribution < 1.29 is 9.62 Å². The molecule has 0 bridgehead atoms. The molecule has 0 atom stereocenters. The Bertz CT molecular complexity index is 553. The fourth-order valence-electron chi connectivity index (χ4n) is 1.12. The van der Waals surface area contributed by atoms with Gasteiger partial charge >= 0.3 is 0 Å². The molecular weight excluding hydrogens is 240 g/mol. The van der Waals surface area contributed by atoms with E-state index < -0.39 is 0 Å². The van der Waals surface area contributed by atoms with E-state index in [1.54, 1.807) is 24.5 Å². The highest BCUT2D eigenvalue weighted by atomic mass is 35.5. The third-order valence-electron chi connectivity index (χ3n) is 1.80. The van der Waals surface area contributed by atoms with Gasteiger partial charge in [0.15, 0.2) is 5.76 Å². The van der Waals surface area contributed by atoms with Crippen molar-refractivity contribution in [3.05, 3.63) is 53.7 Å². The Balaban J connectivity index is 0.00000144. The second-order valence-electron chi connectivity index (χ2n) is 2.94. The maximum Gasteiger partial charge on any atom is 0.177 e. The van der Waals surface area contributed by atoms with E-state index in [0.29, 0.717) is 11.5 Å². The maximum absolute atomic E-state index is 8.30. The van der Waals surface area contributed by atoms with Gasteiger partial charge in [-0.3, -0.25) is 4.98 Å². The summed E-state index contributed by atoms with van der Waals surface area (Å²) in [5.74, 6) is 6.71. The van der Waals surface area contributed by atoms with E-state index in [4.69, 9.17) is 9.62 Å². The molecule has 0 saturated carbocycles. The fraction of sp³-hybridized carbons (Fsp3) is 0. The molecule has 0 spiro atoms. The molecule has 17 heavy (non-hydrogen) atoms. The number of hydrogen-bond acceptors (Lipinski definition) is 4. The lowest BCUT2D eigenvalue weighted by atomic mass is 10.3. The van der Waals surface area contributed by atoms with Crippen molar-refractivity contribution in [3.8, 4) is 11.8 Å². The molecule has 5 heteroatoms. The molecule has 4 nitrogen and oxygen atoms in total. The minimum absolute atomic E-state index is 0. The molecule has 0 unspecified atom stereocenters. The van der Waals surface area contributed by atoms with Gasteiger partial charge in [-0.15, -0.1) is 12.4 Å². The first kappa shape index (κ1) is 12.8. The zero-order valence-corrected chi connectivity index (χ0v) is 9.52. The van der Waals surface area contributed by atoms with Crippen LogP contribution >= 0.6 is 12.4 Å². The zero-order chi connectivity index (χ0) is 11.2. The van der Waals surface area contributed by atoms with Gasteiger partial charge in [0.2, 0.25) is 0 Å². The van der Waals surface area contributed by atoms with Crippen LogP contribution in [-0.2, 0) is 0 Å². The molecular formula is C12H9ClN2O2. The van der Waals surface area contributed by atoms with Crippen LogP contribution < -0.4 is 0 Å². The minimum atomic E-state index is 0. The first-order valence-corrected chi connectivity index (χ1v) is 4.58. The molecule has 86 valence electrons. The molecule has 0 amide bonds. The van der Waals surface area contributed by atoms with E-state index in [0.717, 1.165) is 5.56 Å². The predicted octanol–water partition coefficient (Wildman–Crippen LogP) is 2.30. The summed E-state index contributed by atoms with van der Waals surface area (Å²) in [4.78, 5) is 3.94. The average molecular weight is 249 g/mol. The highest BCUT2D eigenvalue weighted by molar-refractivity contribution is 5.85. The molecule has 0 aliphatic heterocycles. The van der Waals surface area contributed by atoms with Gasteiger partial charge in [0.05, 0.1) is 0 Å². The third kappa shape index (κ3) is 3.67. The first-order chi connectivity index (χ1) is 7.88. The second kappa shape index (κ2) is 6.36. The molecule has 0 aliphatic carbocycles. The second-order valence-corrected chi connectivity index (χ2v) is 2.94. The molecule has 2 aromatic rings. The van der Waals surface area contributed by atoms with Gasteiger partial charge in [-0.1, -0.05) is 11.1 Å². The number of oxime groups is 1. The van der Waals surface area contributed by atoms with E-state index in [1.807, 2.05) is 12.1 Å². The Morgan fingerprint density at radius 2 is 2.18 bits per heavy atom. The molecule has 0 radical (unpaired) electrons. The fourth-order valence-corrected chi connectivity index (χ4v) is 1.12. The summed E-state index contributed by atoms with van der Waals surface area (Å²) in [6, 6.07) is 7.06. The summed E-state index contributed by atoms with van der Waals surface area (Å²) < 4.78 is 5.24. The van der Waals surface area contributed by atoms with Crippen LogP contribution in [0.15, 0.2) is 46.2 Å². The van der Waals surface area contributed by atoms with Crippen LogP contribution in [0.3, 0.4) is 0 Å². The van der Waals surface area contributed by atoms with Gasteiger partial charge in [-0.2, -0.15) is 0 Å². The molecule has 2 aromatic heterocycles. The number of aromatic nitrogens is 1. The van der Waals surface area contributed by atoms with E-state index in [2.05, 4.69) is 22.0 Å². The maximum atomic E-state index is 8.30. The van der Waals surface area contributed by atoms with Crippen molar-refractivity contribution in [3.63, 3.8) is 0 Å². The number of nitrogens with zero attached hydrogens (tertiary/aromatic N) is 2. The smallest absolute Gasteiger partial charge is 0.177 e. The highest BCUT2D eigenvalue weighted by Crippen LogP contribution is 2.04. The highest BCUT2D eigenvalue weighted by Gasteiger charge is 1.95. The Hall–Kier alpha value is -2.25. The van der Waals surface area contributed by atoms with Crippen molar-refractivity contribution in [2.24, 2.45) is 5.16 Å². The molecule has 0 aliphatic rings. The van der Waals surface area contributed by atoms with E-state index in [1.165, 1.54) is 6.21 Å². The van der Waals surface area contributed by atoms with Gasteiger partial charge in [-0.05, 0) is 30.2 Å². The monoisotopic (exact) mass is 248 g/mol. The van der Waals surface area contributed by atoms with E-state index in [-0.39, 0.29) is 12.4 Å². The van der Waals surface area contributed by atoms with Crippen LogP contribution in [0.25, 0.3) is 0 Å². The normalized spacial score (nSPS) is 9.41. The number of rotatable bonds is 1. The number of halogens is 1. The summed E-state index contributed by atoms with van der Waals surface area (Å²) >= 11 is 0. The number of hydrogen-bond donors (Lipinski definition) is 1. The molecule has 0 fully saturated rings. The summed E-state index contributed by atoms with van der Waals surface area (Å²) in [6.07, 6.45) is 4.56. The Kier molecular flexibility index (Phi) is 4.79. The van der Waals surface area contributed by atoms with Gasteiger partial charge in [-0.25, -0.2) is 0 Å². The average Bonchev–Trinajstić information content (AvgIpc) is 2.76. The Labute approximate surface area is 104 Å². The summed E-state index contributed by atoms with van der Waals surface area (Å²) in [5.41, 5.74) is 0.816. The van der Waals surface area contributed by atoms with Gasteiger partial charge in [0, 0.05) is 18.0 Å². The van der Waals surface area contributed by atoms with Crippen LogP contribution in [0.2, 0.25) is 0 Å². The summed E-state index contributed by atoms with van der Waals surface area (Å²) in [6.45, 7) is 0. The Morgan fingerprint density at radius 3 is 2.88 bits per heavy atom. The Morgan fingerprint density at radius 1 is 1.29 bits per heavy atom. The molecule has 1 N–H and O–H groups in total. The predicted molar refractivity (Wildman–Crippen MR) is 65.6 cm³/mol. The molecule has 2 rings (SSSR count). The summed E-state index contributed by atoms with van der Waals surface area (Å²) in [5, 5.41) is 11.2. The number of pyridine rings is 1. The van der Waals surface area contributed by atoms with Crippen molar-refractivity contribution >= 4 is 18.6 Å². The first-order valence-electron chi connectivity index (χ1n) is 4.58. The van der Waals surface area contributed by atoms with Crippen LogP contribution in [0.1, 0.15) is 17.1 Å². The standard InChI is InChI=1S/C12H8N2O2.ClH/c15-14-9-12-6-5-11(16-12)4-3-10-2-1-7-13-8-10;/h1-2,5-9,15H;1H/b14-9+;. The van der Waals surface area contributed by atoms with Crippen LogP contribution in [-0.4, -0.2) is 16.4 Å². The van der Waals surface area contributed by atoms with Crippen molar-refractivity contribution in [1.82, 2.24) is 4.98 Å². The van der Waals surface area contributed by atoms with E-state index >= 15 is 0 Å². The lowest BCUT2D eigenvalue weighted by Crippen LogP contribution is -1.75. The van der Waals surface area contributed by atoms with Crippen molar-refractivity contribution in [2.45, 2.75) is 0 Å². The van der Waals surface area contributed by atoms with Crippen LogP contribution in [0.5, 0.6) is 0 Å². The lowest BCUT2D eigenvalue weighted by Gasteiger charge is -1.85. The lowest BCUT2D eigenvalue weighted by molar-refractivity contribution is 0.320. The van der Waals surface area contributed by atoms with Gasteiger partial charge in [0.25, 0.3) is 0 Å². The van der Waals surface area contributed by atoms with Crippen LogP contribution in [0.4, 0.5) is 0 Å². The van der Waals surface area contributed by atoms with E-state index in [9.17, 15) is 0 Å².